The van der Waals surface area contributed by atoms with Gasteiger partial charge in [-0.1, -0.05) is 11.6 Å². The molecule has 0 aliphatic carbocycles. The van der Waals surface area contributed by atoms with Crippen molar-refractivity contribution in [3.8, 4) is 11.5 Å². The van der Waals surface area contributed by atoms with Crippen LogP contribution in [0.25, 0.3) is 0 Å². The largest absolute Gasteiger partial charge is 0.495 e. The van der Waals surface area contributed by atoms with Gasteiger partial charge in [-0.2, -0.15) is 0 Å². The third kappa shape index (κ3) is 4.50. The quantitative estimate of drug-likeness (QED) is 0.802. The average molecular weight is 329 g/mol. The van der Waals surface area contributed by atoms with Crippen LogP contribution in [0.5, 0.6) is 11.5 Å². The summed E-state index contributed by atoms with van der Waals surface area (Å²) in [6.07, 6.45) is 2.33. The number of carbonyl (C=O) groups excluding carboxylic acids is 1. The molecule has 2 N–H and O–H groups in total. The van der Waals surface area contributed by atoms with E-state index in [1.165, 1.54) is 14.2 Å². The molecule has 6 nitrogen and oxygen atoms in total. The first kappa shape index (κ1) is 16.9. The number of rotatable bonds is 7. The number of nitrogens with one attached hydrogen (secondary N) is 2. The summed E-state index contributed by atoms with van der Waals surface area (Å²) in [6.45, 7) is 1.68. The molecule has 2 rings (SSSR count). The van der Waals surface area contributed by atoms with E-state index in [9.17, 15) is 4.79 Å². The number of halogens is 1. The second kappa shape index (κ2) is 8.22. The molecular weight excluding hydrogens is 308 g/mol. The molecule has 1 atom stereocenters. The van der Waals surface area contributed by atoms with Crippen LogP contribution in [0, 0.1) is 0 Å². The molecule has 0 aromatic heterocycles. The average Bonchev–Trinajstić information content (AvgIpc) is 3.01. The van der Waals surface area contributed by atoms with Crippen LogP contribution in [-0.4, -0.2) is 45.9 Å². The summed E-state index contributed by atoms with van der Waals surface area (Å²) in [5.41, 5.74) is 0.521. The van der Waals surface area contributed by atoms with Gasteiger partial charge in [0.25, 0.3) is 0 Å². The molecular formula is C15H21ClN2O4. The van der Waals surface area contributed by atoms with Crippen LogP contribution in [0.3, 0.4) is 0 Å². The normalized spacial score (nSPS) is 17.3. The van der Waals surface area contributed by atoms with Crippen LogP contribution >= 0.6 is 11.6 Å². The summed E-state index contributed by atoms with van der Waals surface area (Å²) >= 11 is 6.03. The Morgan fingerprint density at radius 2 is 2.14 bits per heavy atom. The van der Waals surface area contributed by atoms with E-state index >= 15 is 0 Å². The fraction of sp³-hybridized carbons (Fsp3) is 0.533. The topological polar surface area (TPSA) is 68.8 Å². The Kier molecular flexibility index (Phi) is 6.30. The van der Waals surface area contributed by atoms with Crippen molar-refractivity contribution in [1.82, 2.24) is 5.32 Å². The highest BCUT2D eigenvalue weighted by Crippen LogP contribution is 2.35. The molecule has 22 heavy (non-hydrogen) atoms. The molecule has 1 unspecified atom stereocenters. The smallest absolute Gasteiger partial charge is 0.238 e. The predicted molar refractivity (Wildman–Crippen MR) is 85.0 cm³/mol. The van der Waals surface area contributed by atoms with Crippen LogP contribution in [0.15, 0.2) is 12.1 Å². The lowest BCUT2D eigenvalue weighted by molar-refractivity contribution is -0.115. The van der Waals surface area contributed by atoms with Gasteiger partial charge >= 0.3 is 0 Å². The summed E-state index contributed by atoms with van der Waals surface area (Å²) in [7, 11) is 3.03. The van der Waals surface area contributed by atoms with Crippen LogP contribution in [0.4, 0.5) is 5.69 Å². The van der Waals surface area contributed by atoms with Gasteiger partial charge in [-0.15, -0.1) is 0 Å². The first-order valence-electron chi connectivity index (χ1n) is 7.17. The second-order valence-electron chi connectivity index (χ2n) is 5.00. The molecule has 0 radical (unpaired) electrons. The van der Waals surface area contributed by atoms with Crippen LogP contribution in [-0.2, 0) is 9.53 Å². The van der Waals surface area contributed by atoms with E-state index in [4.69, 9.17) is 25.8 Å². The number of benzene rings is 1. The van der Waals surface area contributed by atoms with Crippen molar-refractivity contribution in [3.05, 3.63) is 17.2 Å². The van der Waals surface area contributed by atoms with Crippen molar-refractivity contribution in [3.63, 3.8) is 0 Å². The lowest BCUT2D eigenvalue weighted by Gasteiger charge is -2.14. The third-order valence-corrected chi connectivity index (χ3v) is 3.72. The second-order valence-corrected chi connectivity index (χ2v) is 5.41. The Bertz CT molecular complexity index is 519. The molecule has 1 aromatic carbocycles. The molecule has 0 spiro atoms. The maximum Gasteiger partial charge on any atom is 0.238 e. The molecule has 1 heterocycles. The number of amides is 1. The Balaban J connectivity index is 1.89. The molecule has 1 aliphatic rings. The molecule has 1 aromatic rings. The number of anilines is 1. The molecule has 1 amide bonds. The highest BCUT2D eigenvalue weighted by molar-refractivity contribution is 6.32. The zero-order valence-corrected chi connectivity index (χ0v) is 13.5. The molecule has 122 valence electrons. The van der Waals surface area contributed by atoms with Crippen molar-refractivity contribution in [1.29, 1.82) is 0 Å². The highest BCUT2D eigenvalue weighted by atomic mass is 35.5. The summed E-state index contributed by atoms with van der Waals surface area (Å²) in [5.74, 6) is 0.795. The van der Waals surface area contributed by atoms with Crippen molar-refractivity contribution in [2.24, 2.45) is 0 Å². The van der Waals surface area contributed by atoms with Crippen LogP contribution in [0.2, 0.25) is 5.02 Å². The number of hydrogen-bond donors (Lipinski definition) is 2. The molecule has 1 fully saturated rings. The van der Waals surface area contributed by atoms with Gasteiger partial charge in [0.05, 0.1) is 37.6 Å². The Morgan fingerprint density at radius 1 is 1.36 bits per heavy atom. The number of ether oxygens (including phenoxy) is 3. The van der Waals surface area contributed by atoms with Crippen molar-refractivity contribution >= 4 is 23.2 Å². The zero-order valence-electron chi connectivity index (χ0n) is 12.8. The highest BCUT2D eigenvalue weighted by Gasteiger charge is 2.16. The van der Waals surface area contributed by atoms with E-state index in [1.807, 2.05) is 0 Å². The van der Waals surface area contributed by atoms with Gasteiger partial charge in [-0.25, -0.2) is 0 Å². The van der Waals surface area contributed by atoms with Gasteiger partial charge in [0.2, 0.25) is 5.91 Å². The number of carbonyl (C=O) groups is 1. The summed E-state index contributed by atoms with van der Waals surface area (Å²) in [5, 5.41) is 6.30. The lowest BCUT2D eigenvalue weighted by Crippen LogP contribution is -2.33. The minimum Gasteiger partial charge on any atom is -0.495 e. The third-order valence-electron chi connectivity index (χ3n) is 3.43. The van der Waals surface area contributed by atoms with Gasteiger partial charge in [-0.05, 0) is 12.8 Å². The van der Waals surface area contributed by atoms with E-state index in [0.717, 1.165) is 19.4 Å². The van der Waals surface area contributed by atoms with Gasteiger partial charge in [-0.3, -0.25) is 4.79 Å². The molecule has 1 aliphatic heterocycles. The zero-order chi connectivity index (χ0) is 15.9. The van der Waals surface area contributed by atoms with Crippen LogP contribution in [0.1, 0.15) is 12.8 Å². The van der Waals surface area contributed by atoms with E-state index < -0.39 is 0 Å². The minimum atomic E-state index is -0.166. The Labute approximate surface area is 135 Å². The molecule has 0 bridgehead atoms. The lowest BCUT2D eigenvalue weighted by atomic mass is 10.2. The minimum absolute atomic E-state index is 0.166. The van der Waals surface area contributed by atoms with Gasteiger partial charge in [0.1, 0.15) is 11.5 Å². The molecule has 1 saturated heterocycles. The maximum atomic E-state index is 12.0. The first-order chi connectivity index (χ1) is 10.6. The summed E-state index contributed by atoms with van der Waals surface area (Å²) in [4.78, 5) is 12.0. The van der Waals surface area contributed by atoms with Gasteiger partial charge < -0.3 is 24.8 Å². The molecule has 7 heteroatoms. The van der Waals surface area contributed by atoms with Crippen LogP contribution < -0.4 is 20.1 Å². The first-order valence-corrected chi connectivity index (χ1v) is 7.55. The summed E-state index contributed by atoms with van der Waals surface area (Å²) < 4.78 is 15.8. The summed E-state index contributed by atoms with van der Waals surface area (Å²) in [6, 6.07) is 3.24. The van der Waals surface area contributed by atoms with Crippen molar-refractivity contribution < 1.29 is 19.0 Å². The number of methoxy groups -OCH3 is 2. The standard InChI is InChI=1S/C15H21ClN2O4/c1-20-13-7-12(14(21-2)6-11(13)16)18-15(19)9-17-8-10-4-3-5-22-10/h6-7,10,17H,3-5,8-9H2,1-2H3,(H,18,19). The molecule has 0 saturated carbocycles. The fourth-order valence-corrected chi connectivity index (χ4v) is 2.54. The monoisotopic (exact) mass is 328 g/mol. The van der Waals surface area contributed by atoms with E-state index in [1.54, 1.807) is 12.1 Å². The van der Waals surface area contributed by atoms with E-state index in [0.29, 0.717) is 28.8 Å². The Morgan fingerprint density at radius 3 is 2.77 bits per heavy atom. The fourth-order valence-electron chi connectivity index (χ4n) is 2.30. The van der Waals surface area contributed by atoms with E-state index in [2.05, 4.69) is 10.6 Å². The maximum absolute atomic E-state index is 12.0. The van der Waals surface area contributed by atoms with Gasteiger partial charge in [0.15, 0.2) is 0 Å². The predicted octanol–water partition coefficient (Wildman–Crippen LogP) is 2.06. The number of hydrogen-bond acceptors (Lipinski definition) is 5. The van der Waals surface area contributed by atoms with E-state index in [-0.39, 0.29) is 18.6 Å². The Hall–Kier alpha value is -1.50. The van der Waals surface area contributed by atoms with Crippen molar-refractivity contribution in [2.45, 2.75) is 18.9 Å². The van der Waals surface area contributed by atoms with Gasteiger partial charge in [0, 0.05) is 25.3 Å². The van der Waals surface area contributed by atoms with Crippen molar-refractivity contribution in [2.75, 3.05) is 39.2 Å². The SMILES string of the molecule is COc1cc(NC(=O)CNCC2CCCO2)c(OC)cc1Cl.